The molecular weight excluding hydrogens is 609 g/mol. The summed E-state index contributed by atoms with van der Waals surface area (Å²) in [5, 5.41) is 5.69. The van der Waals surface area contributed by atoms with E-state index in [1.807, 2.05) is 0 Å². The summed E-state index contributed by atoms with van der Waals surface area (Å²) in [5.74, 6) is -7.59. The van der Waals surface area contributed by atoms with Gasteiger partial charge in [0.15, 0.2) is 0 Å². The van der Waals surface area contributed by atoms with Gasteiger partial charge in [0.25, 0.3) is 24.9 Å². The first-order chi connectivity index (χ1) is 14.3. The van der Waals surface area contributed by atoms with Crippen LogP contribution in [0.5, 0.6) is 0 Å². The molecule has 0 fully saturated rings. The molecule has 0 unspecified atom stereocenters. The van der Waals surface area contributed by atoms with Crippen molar-refractivity contribution in [1.29, 1.82) is 0 Å². The number of hydrogen-bond donors (Lipinski definition) is 1. The molecule has 176 valence electrons. The van der Waals surface area contributed by atoms with Crippen molar-refractivity contribution in [3.63, 3.8) is 0 Å². The summed E-state index contributed by atoms with van der Waals surface area (Å²) in [6.45, 7) is 0. The predicted octanol–water partition coefficient (Wildman–Crippen LogP) is 6.44. The summed E-state index contributed by atoms with van der Waals surface area (Å²) >= 11 is 2.95. The van der Waals surface area contributed by atoms with Crippen molar-refractivity contribution < 1.29 is 43.7 Å². The molecule has 0 atom stereocenters. The van der Waals surface area contributed by atoms with Crippen LogP contribution < -0.4 is 5.32 Å². The maximum atomic E-state index is 14.8. The van der Waals surface area contributed by atoms with Crippen LogP contribution in [0.2, 0.25) is 0 Å². The number of benzene rings is 2. The van der Waals surface area contributed by atoms with Gasteiger partial charge in [-0.05, 0) is 50.1 Å². The number of amides is 1. The zero-order valence-electron chi connectivity index (χ0n) is 15.0. The molecule has 0 saturated carbocycles. The first-order valence-corrected chi connectivity index (χ1v) is 11.3. The highest BCUT2D eigenvalue weighted by Gasteiger charge is 2.82. The molecule has 0 aliphatic rings. The van der Waals surface area contributed by atoms with Crippen LogP contribution in [0, 0.1) is 10.1 Å². The van der Waals surface area contributed by atoms with Gasteiger partial charge in [-0.2, -0.15) is 17.6 Å². The third-order valence-corrected chi connectivity index (χ3v) is 7.16. The molecule has 0 aromatic heterocycles. The van der Waals surface area contributed by atoms with E-state index in [9.17, 15) is 48.8 Å². The number of halogens is 9. The molecular formula is C16H9Br2F7N2O4S. The lowest BCUT2D eigenvalue weighted by molar-refractivity contribution is -0.384. The van der Waals surface area contributed by atoms with E-state index in [4.69, 9.17) is 0 Å². The van der Waals surface area contributed by atoms with E-state index in [1.165, 1.54) is 31.9 Å². The number of nitrogens with zero attached hydrogens (tertiary/aromatic N) is 1. The zero-order chi connectivity index (χ0) is 24.8. The molecule has 0 heterocycles. The highest BCUT2D eigenvalue weighted by Crippen LogP contribution is 2.64. The van der Waals surface area contributed by atoms with E-state index < -0.39 is 57.2 Å². The second kappa shape index (κ2) is 8.06. The first-order valence-electron chi connectivity index (χ1n) is 7.90. The van der Waals surface area contributed by atoms with Gasteiger partial charge in [0, 0.05) is 17.7 Å². The van der Waals surface area contributed by atoms with Crippen LogP contribution in [-0.2, 0) is 9.84 Å². The molecule has 2 rings (SSSR count). The maximum absolute atomic E-state index is 14.8. The van der Waals surface area contributed by atoms with Crippen LogP contribution >= 0.6 is 31.9 Å². The summed E-state index contributed by atoms with van der Waals surface area (Å²) in [4.78, 5) is 20.0. The Morgan fingerprint density at radius 1 is 1.00 bits per heavy atom. The Labute approximate surface area is 191 Å². The average molecular weight is 618 g/mol. The molecule has 0 aliphatic carbocycles. The van der Waals surface area contributed by atoms with E-state index in [0.29, 0.717) is 18.2 Å². The Hall–Kier alpha value is -2.07. The van der Waals surface area contributed by atoms with Crippen LogP contribution in [0.3, 0.4) is 0 Å². The molecule has 0 spiro atoms. The zero-order valence-corrected chi connectivity index (χ0v) is 19.0. The second-order valence-electron chi connectivity index (χ2n) is 6.11. The molecule has 0 bridgehead atoms. The number of carbonyl (C=O) groups is 1. The van der Waals surface area contributed by atoms with Crippen molar-refractivity contribution in [2.24, 2.45) is 0 Å². The summed E-state index contributed by atoms with van der Waals surface area (Å²) in [5.41, 5.74) is -2.34. The fourth-order valence-electron chi connectivity index (χ4n) is 2.34. The molecule has 0 radical (unpaired) electrons. The van der Waals surface area contributed by atoms with Crippen molar-refractivity contribution in [2.75, 3.05) is 5.32 Å². The lowest BCUT2D eigenvalue weighted by atomic mass is 10.2. The van der Waals surface area contributed by atoms with Gasteiger partial charge < -0.3 is 5.32 Å². The highest BCUT2D eigenvalue weighted by atomic mass is 79.9. The monoisotopic (exact) mass is 616 g/mol. The van der Waals surface area contributed by atoms with Gasteiger partial charge in [-0.3, -0.25) is 14.9 Å². The average Bonchev–Trinajstić information content (AvgIpc) is 2.66. The molecule has 32 heavy (non-hydrogen) atoms. The number of rotatable bonds is 7. The topological polar surface area (TPSA) is 89.3 Å². The van der Waals surface area contributed by atoms with Crippen molar-refractivity contribution in [2.45, 2.75) is 19.6 Å². The van der Waals surface area contributed by atoms with Crippen molar-refractivity contribution in [1.82, 2.24) is 0 Å². The quantitative estimate of drug-likeness (QED) is 0.127. The van der Waals surface area contributed by atoms with E-state index in [0.717, 1.165) is 24.3 Å². The molecule has 1 N–H and O–H groups in total. The number of anilines is 1. The molecule has 0 saturated heterocycles. The van der Waals surface area contributed by atoms with Gasteiger partial charge in [-0.25, -0.2) is 8.60 Å². The summed E-state index contributed by atoms with van der Waals surface area (Å²) < 4.78 is 107. The molecule has 2 aromatic rings. The van der Waals surface area contributed by atoms with Crippen LogP contribution in [0.15, 0.2) is 53.4 Å². The normalized spacial score (nSPS) is 14.3. The molecule has 0 aliphatic heterocycles. The number of hydrogen-bond acceptors (Lipinski definition) is 4. The van der Waals surface area contributed by atoms with Crippen molar-refractivity contribution in [3.8, 4) is 0 Å². The smallest absolute Gasteiger partial charge is 0.321 e. The van der Waals surface area contributed by atoms with Gasteiger partial charge in [-0.1, -0.05) is 18.2 Å². The second-order valence-corrected chi connectivity index (χ2v) is 11.8. The van der Waals surface area contributed by atoms with Gasteiger partial charge in [0.2, 0.25) is 0 Å². The molecule has 2 aromatic carbocycles. The van der Waals surface area contributed by atoms with Gasteiger partial charge >= 0.3 is 11.2 Å². The Kier molecular flexibility index (Phi) is 6.59. The summed E-state index contributed by atoms with van der Waals surface area (Å²) in [7, 11) is -8.94. The fourth-order valence-corrected chi connectivity index (χ4v) is 4.73. The number of carbonyl (C=O) groups excluding carboxylic acids is 1. The minimum atomic E-state index is -8.94. The third-order valence-electron chi connectivity index (χ3n) is 3.97. The minimum absolute atomic E-state index is 0.0876. The Morgan fingerprint density at radius 2 is 1.56 bits per heavy atom. The Morgan fingerprint density at radius 3 is 2.09 bits per heavy atom. The summed E-state index contributed by atoms with van der Waals surface area (Å²) in [6, 6.07) is 5.96. The van der Waals surface area contributed by atoms with E-state index in [2.05, 4.69) is 0 Å². The Bertz CT molecular complexity index is 1150. The van der Waals surface area contributed by atoms with Crippen LogP contribution in [0.1, 0.15) is 10.4 Å². The molecule has 6 nitrogen and oxygen atoms in total. The van der Waals surface area contributed by atoms with E-state index >= 15 is 0 Å². The predicted molar refractivity (Wildman–Crippen MR) is 108 cm³/mol. The van der Waals surface area contributed by atoms with Gasteiger partial charge in [0.05, 0.1) is 10.6 Å². The first kappa shape index (κ1) is 26.2. The molecule has 16 heteroatoms. The van der Waals surface area contributed by atoms with Crippen molar-refractivity contribution >= 4 is 59.0 Å². The van der Waals surface area contributed by atoms with Crippen LogP contribution in [-0.4, -0.2) is 29.7 Å². The van der Waals surface area contributed by atoms with Crippen LogP contribution in [0.25, 0.3) is 0 Å². The number of nitrogens with one attached hydrogen (secondary N) is 1. The number of para-hydroxylation sites is 1. The fraction of sp³-hybridized carbons (Fsp3) is 0.188. The van der Waals surface area contributed by atoms with Gasteiger partial charge in [-0.15, -0.1) is 7.77 Å². The third kappa shape index (κ3) is 4.26. The van der Waals surface area contributed by atoms with E-state index in [1.54, 1.807) is 5.32 Å². The SMILES string of the molecule is O=C(Nc1ccccc1S(=O)(F)(F)C(F)(F)C(F)(F)C(F)(Br)Br)c1cccc([N+](=O)[O-])c1. The number of nitro groups is 1. The number of alkyl halides is 7. The largest absolute Gasteiger partial charge is 0.421 e. The summed E-state index contributed by atoms with van der Waals surface area (Å²) in [6.07, 6.45) is 0. The Balaban J connectivity index is 2.60. The molecule has 1 amide bonds. The lowest BCUT2D eigenvalue weighted by Crippen LogP contribution is -2.60. The maximum Gasteiger partial charge on any atom is 0.421 e. The standard InChI is InChI=1S/C16H9Br2F7N2O4S/c17-15(18,21)14(19,20)16(22,23)32(24,25,31)12-7-2-1-6-11(12)26-13(28)9-4-3-5-10(8-9)27(29)30/h1-8H,(H,26,28). The van der Waals surface area contributed by atoms with E-state index in [-0.39, 0.29) is 6.07 Å². The highest BCUT2D eigenvalue weighted by molar-refractivity contribution is 9.25. The van der Waals surface area contributed by atoms with Gasteiger partial charge in [0.1, 0.15) is 4.90 Å². The minimum Gasteiger partial charge on any atom is -0.321 e. The van der Waals surface area contributed by atoms with Crippen molar-refractivity contribution in [3.05, 3.63) is 64.2 Å². The van der Waals surface area contributed by atoms with Crippen LogP contribution in [0.4, 0.5) is 41.1 Å². The number of non-ortho nitro benzene ring substituents is 1. The number of nitro benzene ring substituents is 1. The lowest BCUT2D eigenvalue weighted by Gasteiger charge is -2.40.